The van der Waals surface area contributed by atoms with Gasteiger partial charge in [-0.25, -0.2) is 0 Å². The Bertz CT molecular complexity index is 592. The van der Waals surface area contributed by atoms with Crippen LogP contribution >= 0.6 is 34.2 Å². The average Bonchev–Trinajstić information content (AvgIpc) is 2.49. The minimum atomic E-state index is 0.612. The van der Waals surface area contributed by atoms with Crippen LogP contribution in [0.3, 0.4) is 0 Å². The summed E-state index contributed by atoms with van der Waals surface area (Å²) in [7, 11) is 1.69. The molecule has 1 N–H and O–H groups in total. The van der Waals surface area contributed by atoms with Gasteiger partial charge < -0.3 is 14.8 Å². The quantitative estimate of drug-likeness (QED) is 0.532. The van der Waals surface area contributed by atoms with Crippen molar-refractivity contribution in [1.29, 1.82) is 0 Å². The van der Waals surface area contributed by atoms with E-state index in [-0.39, 0.29) is 0 Å². The second-order valence-corrected chi connectivity index (χ2v) is 6.00. The molecule has 0 aliphatic heterocycles. The molecule has 3 nitrogen and oxygen atoms in total. The lowest BCUT2D eigenvalue weighted by molar-refractivity contribution is 0.199. The summed E-state index contributed by atoms with van der Waals surface area (Å²) in [6.07, 6.45) is 0. The summed E-state index contributed by atoms with van der Waals surface area (Å²) < 4.78 is 12.1. The van der Waals surface area contributed by atoms with Crippen LogP contribution in [0.25, 0.3) is 0 Å². The van der Waals surface area contributed by atoms with Crippen molar-refractivity contribution in [3.8, 4) is 11.5 Å². The first kappa shape index (κ1) is 16.5. The van der Waals surface area contributed by atoms with E-state index in [4.69, 9.17) is 21.1 Å². The van der Waals surface area contributed by atoms with E-state index in [0.717, 1.165) is 21.4 Å². The Morgan fingerprint density at radius 3 is 2.71 bits per heavy atom. The first-order chi connectivity index (χ1) is 10.2. The van der Waals surface area contributed by atoms with Crippen molar-refractivity contribution < 1.29 is 9.47 Å². The molecule has 21 heavy (non-hydrogen) atoms. The Kier molecular flexibility index (Phi) is 6.76. The molecule has 2 aromatic carbocycles. The number of benzene rings is 2. The van der Waals surface area contributed by atoms with Crippen LogP contribution in [0, 0.1) is 3.57 Å². The normalized spacial score (nSPS) is 10.6. The maximum atomic E-state index is 6.29. The van der Waals surface area contributed by atoms with Crippen molar-refractivity contribution in [2.24, 2.45) is 0 Å². The van der Waals surface area contributed by atoms with Gasteiger partial charge in [-0.1, -0.05) is 35.9 Å². The summed E-state index contributed by atoms with van der Waals surface area (Å²) in [5.41, 5.74) is 1.03. The molecule has 2 rings (SSSR count). The third kappa shape index (κ3) is 4.85. The van der Waals surface area contributed by atoms with Gasteiger partial charge in [0.25, 0.3) is 0 Å². The van der Waals surface area contributed by atoms with Crippen molar-refractivity contribution in [3.05, 3.63) is 56.6 Å². The highest BCUT2D eigenvalue weighted by atomic mass is 127. The summed E-state index contributed by atoms with van der Waals surface area (Å²) >= 11 is 8.54. The third-order valence-corrected chi connectivity index (χ3v) is 4.08. The zero-order valence-electron chi connectivity index (χ0n) is 11.7. The molecule has 0 radical (unpaired) electrons. The number of ether oxygens (including phenoxy) is 2. The SMILES string of the molecule is COCCNCc1cccc(Cl)c1Oc1ccccc1I. The van der Waals surface area contributed by atoms with Gasteiger partial charge in [0.1, 0.15) is 5.75 Å². The van der Waals surface area contributed by atoms with Crippen LogP contribution in [-0.4, -0.2) is 20.3 Å². The number of methoxy groups -OCH3 is 1. The Balaban J connectivity index is 2.16. The zero-order chi connectivity index (χ0) is 15.1. The molecule has 0 heterocycles. The van der Waals surface area contributed by atoms with Crippen LogP contribution in [0.2, 0.25) is 5.02 Å². The molecule has 0 bridgehead atoms. The molecule has 5 heteroatoms. The van der Waals surface area contributed by atoms with Gasteiger partial charge in [0.05, 0.1) is 15.2 Å². The second kappa shape index (κ2) is 8.58. The van der Waals surface area contributed by atoms with Crippen molar-refractivity contribution in [1.82, 2.24) is 5.32 Å². The van der Waals surface area contributed by atoms with Gasteiger partial charge in [-0.2, -0.15) is 0 Å². The van der Waals surface area contributed by atoms with E-state index in [1.54, 1.807) is 7.11 Å². The molecule has 0 aromatic heterocycles. The second-order valence-electron chi connectivity index (χ2n) is 4.43. The van der Waals surface area contributed by atoms with Crippen molar-refractivity contribution in [2.45, 2.75) is 6.54 Å². The topological polar surface area (TPSA) is 30.5 Å². The van der Waals surface area contributed by atoms with Gasteiger partial charge in [0, 0.05) is 25.8 Å². The molecule has 0 spiro atoms. The van der Waals surface area contributed by atoms with E-state index in [9.17, 15) is 0 Å². The number of hydrogen-bond acceptors (Lipinski definition) is 3. The van der Waals surface area contributed by atoms with Gasteiger partial charge in [-0.15, -0.1) is 0 Å². The van der Waals surface area contributed by atoms with E-state index in [1.165, 1.54) is 0 Å². The largest absolute Gasteiger partial charge is 0.454 e. The van der Waals surface area contributed by atoms with E-state index in [0.29, 0.717) is 23.9 Å². The maximum absolute atomic E-state index is 6.29. The molecule has 0 saturated heterocycles. The Morgan fingerprint density at radius 2 is 1.95 bits per heavy atom. The lowest BCUT2D eigenvalue weighted by atomic mass is 10.2. The molecule has 0 aliphatic rings. The van der Waals surface area contributed by atoms with Crippen molar-refractivity contribution in [3.63, 3.8) is 0 Å². The van der Waals surface area contributed by atoms with Crippen LogP contribution in [0.5, 0.6) is 11.5 Å². The Morgan fingerprint density at radius 1 is 1.14 bits per heavy atom. The average molecular weight is 418 g/mol. The summed E-state index contributed by atoms with van der Waals surface area (Å²) in [6, 6.07) is 13.6. The van der Waals surface area contributed by atoms with E-state index in [2.05, 4.69) is 27.9 Å². The van der Waals surface area contributed by atoms with Crippen LogP contribution in [-0.2, 0) is 11.3 Å². The van der Waals surface area contributed by atoms with E-state index >= 15 is 0 Å². The molecular formula is C16H17ClINO2. The molecule has 112 valence electrons. The highest BCUT2D eigenvalue weighted by Gasteiger charge is 2.11. The first-order valence-corrected chi connectivity index (χ1v) is 8.07. The lowest BCUT2D eigenvalue weighted by Crippen LogP contribution is -2.18. The first-order valence-electron chi connectivity index (χ1n) is 6.62. The molecule has 0 unspecified atom stereocenters. The molecule has 2 aromatic rings. The number of hydrogen-bond donors (Lipinski definition) is 1. The van der Waals surface area contributed by atoms with Crippen LogP contribution in [0.1, 0.15) is 5.56 Å². The molecular weight excluding hydrogens is 401 g/mol. The van der Waals surface area contributed by atoms with Gasteiger partial charge >= 0.3 is 0 Å². The Hall–Kier alpha value is -0.820. The Labute approximate surface area is 143 Å². The fourth-order valence-electron chi connectivity index (χ4n) is 1.84. The zero-order valence-corrected chi connectivity index (χ0v) is 14.6. The molecule has 0 atom stereocenters. The highest BCUT2D eigenvalue weighted by Crippen LogP contribution is 2.34. The smallest absolute Gasteiger partial charge is 0.150 e. The standard InChI is InChI=1S/C16H17ClINO2/c1-20-10-9-19-11-12-5-4-6-13(17)16(12)21-15-8-3-2-7-14(15)18/h2-8,19H,9-11H2,1H3. The van der Waals surface area contributed by atoms with Crippen LogP contribution in [0.15, 0.2) is 42.5 Å². The maximum Gasteiger partial charge on any atom is 0.150 e. The molecule has 0 fully saturated rings. The van der Waals surface area contributed by atoms with E-state index in [1.807, 2.05) is 42.5 Å². The molecule has 0 amide bonds. The fraction of sp³-hybridized carbons (Fsp3) is 0.250. The van der Waals surface area contributed by atoms with Gasteiger partial charge in [0.15, 0.2) is 5.75 Å². The lowest BCUT2D eigenvalue weighted by Gasteiger charge is -2.14. The van der Waals surface area contributed by atoms with Crippen molar-refractivity contribution >= 4 is 34.2 Å². The molecule has 0 saturated carbocycles. The molecule has 0 aliphatic carbocycles. The number of nitrogens with one attached hydrogen (secondary N) is 1. The number of halogens is 2. The van der Waals surface area contributed by atoms with Crippen molar-refractivity contribution in [2.75, 3.05) is 20.3 Å². The fourth-order valence-corrected chi connectivity index (χ4v) is 2.57. The predicted octanol–water partition coefficient (Wildman–Crippen LogP) is 4.47. The minimum absolute atomic E-state index is 0.612. The predicted molar refractivity (Wildman–Crippen MR) is 94.3 cm³/mol. The van der Waals surface area contributed by atoms with Gasteiger partial charge in [-0.05, 0) is 40.8 Å². The summed E-state index contributed by atoms with van der Waals surface area (Å²) in [4.78, 5) is 0. The van der Waals surface area contributed by atoms with Crippen LogP contribution in [0.4, 0.5) is 0 Å². The number of para-hydroxylation sites is 2. The van der Waals surface area contributed by atoms with E-state index < -0.39 is 0 Å². The minimum Gasteiger partial charge on any atom is -0.454 e. The van der Waals surface area contributed by atoms with Gasteiger partial charge in [0.2, 0.25) is 0 Å². The summed E-state index contributed by atoms with van der Waals surface area (Å²) in [5, 5.41) is 3.92. The van der Waals surface area contributed by atoms with Gasteiger partial charge in [-0.3, -0.25) is 0 Å². The summed E-state index contributed by atoms with van der Waals surface area (Å²) in [6.45, 7) is 2.14. The highest BCUT2D eigenvalue weighted by molar-refractivity contribution is 14.1. The monoisotopic (exact) mass is 417 g/mol. The van der Waals surface area contributed by atoms with Crippen LogP contribution < -0.4 is 10.1 Å². The summed E-state index contributed by atoms with van der Waals surface area (Å²) in [5.74, 6) is 1.51. The number of rotatable bonds is 7. The third-order valence-electron chi connectivity index (χ3n) is 2.90.